The van der Waals surface area contributed by atoms with Crippen molar-refractivity contribution in [2.75, 3.05) is 37.4 Å². The molecular weight excluding hydrogens is 416 g/mol. The average molecular weight is 451 g/mol. The molecule has 0 bridgehead atoms. The van der Waals surface area contributed by atoms with Gasteiger partial charge in [-0.1, -0.05) is 0 Å². The lowest BCUT2D eigenvalue weighted by molar-refractivity contribution is -0.121. The summed E-state index contributed by atoms with van der Waals surface area (Å²) in [7, 11) is 1.70. The van der Waals surface area contributed by atoms with Crippen LogP contribution in [0.1, 0.15) is 61.1 Å². The van der Waals surface area contributed by atoms with Gasteiger partial charge in [0.25, 0.3) is 0 Å². The van der Waals surface area contributed by atoms with Gasteiger partial charge in [0.1, 0.15) is 11.6 Å². The van der Waals surface area contributed by atoms with Gasteiger partial charge in [0.15, 0.2) is 0 Å². The van der Waals surface area contributed by atoms with Crippen molar-refractivity contribution in [3.8, 4) is 5.75 Å². The summed E-state index contributed by atoms with van der Waals surface area (Å²) in [6.07, 6.45) is 10.8. The molecule has 0 atom stereocenters. The standard InChI is InChI=1S/C25H34N6O2/c1-33-23-13-18-8-10-26-14-19(18)12-22(23)29-25-28-15-21(17-6-7-17)24(30-25)27-9-3-11-31(16-32)20-4-2-5-20/h12-13,15-17,20,26H,2-11,14H2,1H3,(H2,27,28,29,30). The highest BCUT2D eigenvalue weighted by Crippen LogP contribution is 2.43. The third-order valence-corrected chi connectivity index (χ3v) is 7.05. The fourth-order valence-electron chi connectivity index (χ4n) is 4.69. The second-order valence-electron chi connectivity index (χ2n) is 9.35. The number of benzene rings is 1. The molecule has 8 heteroatoms. The number of ether oxygens (including phenoxy) is 1. The van der Waals surface area contributed by atoms with Gasteiger partial charge in [0, 0.05) is 37.4 Å². The van der Waals surface area contributed by atoms with Crippen LogP contribution in [0.5, 0.6) is 5.75 Å². The molecule has 1 aromatic heterocycles. The summed E-state index contributed by atoms with van der Waals surface area (Å²) in [5, 5.41) is 10.3. The maximum absolute atomic E-state index is 11.4. The van der Waals surface area contributed by atoms with Gasteiger partial charge in [-0.05, 0) is 80.7 Å². The monoisotopic (exact) mass is 450 g/mol. The number of hydrogen-bond acceptors (Lipinski definition) is 7. The number of aromatic nitrogens is 2. The Hall–Kier alpha value is -2.87. The molecule has 33 heavy (non-hydrogen) atoms. The number of carbonyl (C=O) groups is 1. The van der Waals surface area contributed by atoms with Gasteiger partial charge in [-0.15, -0.1) is 0 Å². The molecule has 2 fully saturated rings. The Kier molecular flexibility index (Phi) is 6.62. The predicted octanol–water partition coefficient (Wildman–Crippen LogP) is 3.56. The molecule has 3 N–H and O–H groups in total. The second-order valence-corrected chi connectivity index (χ2v) is 9.35. The zero-order valence-corrected chi connectivity index (χ0v) is 19.4. The number of nitrogens with one attached hydrogen (secondary N) is 3. The minimum atomic E-state index is 0.446. The molecule has 0 radical (unpaired) electrons. The molecule has 2 aliphatic carbocycles. The van der Waals surface area contributed by atoms with Gasteiger partial charge in [-0.3, -0.25) is 4.79 Å². The zero-order valence-electron chi connectivity index (χ0n) is 19.4. The van der Waals surface area contributed by atoms with Gasteiger partial charge in [-0.2, -0.15) is 4.98 Å². The first-order chi connectivity index (χ1) is 16.2. The van der Waals surface area contributed by atoms with E-state index in [9.17, 15) is 4.79 Å². The quantitative estimate of drug-likeness (QED) is 0.356. The summed E-state index contributed by atoms with van der Waals surface area (Å²) in [4.78, 5) is 22.8. The van der Waals surface area contributed by atoms with Crippen molar-refractivity contribution >= 4 is 23.9 Å². The first-order valence-corrected chi connectivity index (χ1v) is 12.2. The molecule has 2 heterocycles. The van der Waals surface area contributed by atoms with Crippen molar-refractivity contribution in [2.24, 2.45) is 0 Å². The Morgan fingerprint density at radius 3 is 2.85 bits per heavy atom. The fraction of sp³-hybridized carbons (Fsp3) is 0.560. The molecule has 1 amide bonds. The van der Waals surface area contributed by atoms with Crippen molar-refractivity contribution in [2.45, 2.75) is 63.5 Å². The minimum Gasteiger partial charge on any atom is -0.495 e. The molecule has 5 rings (SSSR count). The normalized spacial score (nSPS) is 17.6. The van der Waals surface area contributed by atoms with Crippen LogP contribution >= 0.6 is 0 Å². The zero-order chi connectivity index (χ0) is 22.6. The summed E-state index contributed by atoms with van der Waals surface area (Å²) in [6.45, 7) is 3.42. The molecule has 0 saturated heterocycles. The SMILES string of the molecule is COc1cc2c(cc1Nc1ncc(C3CC3)c(NCCCN(C=O)C3CCC3)n1)CNCC2. The topological polar surface area (TPSA) is 91.4 Å². The van der Waals surface area contributed by atoms with Gasteiger partial charge in [-0.25, -0.2) is 4.98 Å². The number of amides is 1. The highest BCUT2D eigenvalue weighted by Gasteiger charge is 2.28. The minimum absolute atomic E-state index is 0.446. The number of carbonyl (C=O) groups excluding carboxylic acids is 1. The smallest absolute Gasteiger partial charge is 0.229 e. The van der Waals surface area contributed by atoms with Gasteiger partial charge < -0.3 is 25.6 Å². The average Bonchev–Trinajstić information content (AvgIpc) is 3.64. The molecule has 2 aromatic rings. The Bertz CT molecular complexity index is 989. The van der Waals surface area contributed by atoms with Crippen molar-refractivity contribution in [3.05, 3.63) is 35.0 Å². The molecule has 3 aliphatic rings. The summed E-state index contributed by atoms with van der Waals surface area (Å²) < 4.78 is 5.64. The predicted molar refractivity (Wildman–Crippen MR) is 129 cm³/mol. The maximum atomic E-state index is 11.4. The van der Waals surface area contributed by atoms with E-state index in [1.165, 1.54) is 36.0 Å². The number of hydrogen-bond donors (Lipinski definition) is 3. The van der Waals surface area contributed by atoms with Crippen LogP contribution in [0.3, 0.4) is 0 Å². The molecule has 0 unspecified atom stereocenters. The lowest BCUT2D eigenvalue weighted by Gasteiger charge is -2.34. The lowest BCUT2D eigenvalue weighted by atomic mass is 9.92. The van der Waals surface area contributed by atoms with Crippen molar-refractivity contribution in [3.63, 3.8) is 0 Å². The van der Waals surface area contributed by atoms with Gasteiger partial charge in [0.2, 0.25) is 12.4 Å². The summed E-state index contributed by atoms with van der Waals surface area (Å²) >= 11 is 0. The van der Waals surface area contributed by atoms with Gasteiger partial charge >= 0.3 is 0 Å². The summed E-state index contributed by atoms with van der Waals surface area (Å²) in [5.41, 5.74) is 4.68. The Morgan fingerprint density at radius 2 is 2.12 bits per heavy atom. The van der Waals surface area contributed by atoms with Crippen molar-refractivity contribution < 1.29 is 9.53 Å². The van der Waals surface area contributed by atoms with Crippen molar-refractivity contribution in [1.82, 2.24) is 20.2 Å². The van der Waals surface area contributed by atoms with Crippen LogP contribution in [0.4, 0.5) is 17.5 Å². The van der Waals surface area contributed by atoms with Crippen molar-refractivity contribution in [1.29, 1.82) is 0 Å². The van der Waals surface area contributed by atoms with E-state index in [1.54, 1.807) is 7.11 Å². The fourth-order valence-corrected chi connectivity index (χ4v) is 4.69. The first-order valence-electron chi connectivity index (χ1n) is 12.2. The molecule has 1 aliphatic heterocycles. The van der Waals surface area contributed by atoms with E-state index in [0.717, 1.165) is 75.5 Å². The van der Waals surface area contributed by atoms with Crippen LogP contribution in [-0.4, -0.2) is 54.1 Å². The summed E-state index contributed by atoms with van der Waals surface area (Å²) in [5.74, 6) is 2.82. The number of nitrogens with zero attached hydrogens (tertiary/aromatic N) is 3. The highest BCUT2D eigenvalue weighted by molar-refractivity contribution is 5.66. The van der Waals surface area contributed by atoms with E-state index in [-0.39, 0.29) is 0 Å². The molecule has 176 valence electrons. The number of fused-ring (bicyclic) bond motifs is 1. The first kappa shape index (κ1) is 21.9. The van der Waals surface area contributed by atoms with Gasteiger partial charge in [0.05, 0.1) is 12.8 Å². The molecular formula is C25H34N6O2. The second kappa shape index (κ2) is 9.95. The molecule has 8 nitrogen and oxygen atoms in total. The molecule has 0 spiro atoms. The Balaban J connectivity index is 1.27. The van der Waals surface area contributed by atoms with E-state index >= 15 is 0 Å². The van der Waals surface area contributed by atoms with E-state index < -0.39 is 0 Å². The van der Waals surface area contributed by atoms with E-state index in [0.29, 0.717) is 17.9 Å². The lowest BCUT2D eigenvalue weighted by Crippen LogP contribution is -2.40. The van der Waals surface area contributed by atoms with Crippen LogP contribution in [0.2, 0.25) is 0 Å². The van der Waals surface area contributed by atoms with E-state index in [1.807, 2.05) is 11.1 Å². The van der Waals surface area contributed by atoms with E-state index in [4.69, 9.17) is 9.72 Å². The summed E-state index contributed by atoms with van der Waals surface area (Å²) in [6, 6.07) is 4.71. The third-order valence-electron chi connectivity index (χ3n) is 7.05. The molecule has 1 aromatic carbocycles. The number of rotatable bonds is 11. The van der Waals surface area contributed by atoms with Crippen LogP contribution < -0.4 is 20.7 Å². The number of anilines is 3. The van der Waals surface area contributed by atoms with Crippen LogP contribution in [-0.2, 0) is 17.8 Å². The number of methoxy groups -OCH3 is 1. The van der Waals surface area contributed by atoms with Crippen LogP contribution in [0.25, 0.3) is 0 Å². The Morgan fingerprint density at radius 1 is 1.24 bits per heavy atom. The van der Waals surface area contributed by atoms with Crippen LogP contribution in [0, 0.1) is 0 Å². The largest absolute Gasteiger partial charge is 0.495 e. The Labute approximate surface area is 195 Å². The third kappa shape index (κ3) is 5.05. The van der Waals surface area contributed by atoms with Crippen LogP contribution in [0.15, 0.2) is 18.3 Å². The highest BCUT2D eigenvalue weighted by atomic mass is 16.5. The van der Waals surface area contributed by atoms with E-state index in [2.05, 4.69) is 33.1 Å². The maximum Gasteiger partial charge on any atom is 0.229 e. The molecule has 2 saturated carbocycles.